The first-order valence-corrected chi connectivity index (χ1v) is 6.72. The minimum absolute atomic E-state index is 0.110. The van der Waals surface area contributed by atoms with Crippen molar-refractivity contribution in [2.24, 2.45) is 5.73 Å². The highest BCUT2D eigenvalue weighted by Crippen LogP contribution is 2.17. The van der Waals surface area contributed by atoms with Crippen molar-refractivity contribution in [3.8, 4) is 0 Å². The van der Waals surface area contributed by atoms with E-state index in [0.29, 0.717) is 5.69 Å². The summed E-state index contributed by atoms with van der Waals surface area (Å²) in [4.78, 5) is 15.9. The zero-order chi connectivity index (χ0) is 14.7. The molecule has 1 amide bonds. The number of amides is 1. The molecule has 2 atom stereocenters. The van der Waals surface area contributed by atoms with Crippen molar-refractivity contribution in [2.75, 3.05) is 5.32 Å². The van der Waals surface area contributed by atoms with E-state index >= 15 is 0 Å². The van der Waals surface area contributed by atoms with Crippen molar-refractivity contribution in [1.82, 2.24) is 4.98 Å². The van der Waals surface area contributed by atoms with Crippen molar-refractivity contribution in [3.63, 3.8) is 0 Å². The average molecular weight is 340 g/mol. The maximum atomic E-state index is 12.0. The molecule has 2 unspecified atom stereocenters. The van der Waals surface area contributed by atoms with Gasteiger partial charge in [0.25, 0.3) is 5.91 Å². The summed E-state index contributed by atoms with van der Waals surface area (Å²) >= 11 is 3.31. The molecule has 20 heavy (non-hydrogen) atoms. The van der Waals surface area contributed by atoms with Crippen LogP contribution in [-0.4, -0.2) is 22.1 Å². The maximum absolute atomic E-state index is 12.0. The Morgan fingerprint density at radius 3 is 2.70 bits per heavy atom. The Morgan fingerprint density at radius 1 is 1.45 bits per heavy atom. The predicted octanol–water partition coefficient (Wildman–Crippen LogP) is 2.07. The quantitative estimate of drug-likeness (QED) is 0.791. The molecular weight excluding hydrogens is 326 g/mol. The fraction of sp³-hybridized carbons (Fsp3) is 0.231. The Bertz CT molecular complexity index is 595. The Kier molecular flexibility index (Phi) is 4.53. The van der Waals surface area contributed by atoms with Crippen LogP contribution in [0.25, 0.3) is 0 Å². The molecule has 0 aliphatic rings. The molecule has 0 fully saturated rings. The lowest BCUT2D eigenvalue weighted by Crippen LogP contribution is -2.23. The number of halogens is 1. The van der Waals surface area contributed by atoms with Gasteiger partial charge in [0.1, 0.15) is 12.3 Å². The van der Waals surface area contributed by atoms with Crippen molar-refractivity contribution >= 4 is 27.5 Å². The summed E-state index contributed by atoms with van der Waals surface area (Å²) < 4.78 is 6.02. The minimum atomic E-state index is -0.809. The first-order valence-electron chi connectivity index (χ1n) is 5.93. The fourth-order valence-corrected chi connectivity index (χ4v) is 1.74. The van der Waals surface area contributed by atoms with Crippen molar-refractivity contribution in [3.05, 3.63) is 46.6 Å². The lowest BCUT2D eigenvalue weighted by atomic mass is 10.2. The number of aromatic nitrogens is 1. The van der Waals surface area contributed by atoms with E-state index < -0.39 is 18.1 Å². The number of hydrogen-bond donors (Lipinski definition) is 3. The molecule has 1 aromatic heterocycles. The second kappa shape index (κ2) is 6.17. The number of aliphatic hydroxyl groups is 1. The van der Waals surface area contributed by atoms with Gasteiger partial charge in [0.05, 0.1) is 6.10 Å². The summed E-state index contributed by atoms with van der Waals surface area (Å²) in [6.07, 6.45) is 0.405. The van der Waals surface area contributed by atoms with Crippen LogP contribution in [0, 0.1) is 0 Å². The molecule has 0 radical (unpaired) electrons. The van der Waals surface area contributed by atoms with Crippen LogP contribution in [0.1, 0.15) is 29.3 Å². The first kappa shape index (κ1) is 14.7. The third-order valence-electron chi connectivity index (χ3n) is 2.66. The van der Waals surface area contributed by atoms with Gasteiger partial charge in [-0.2, -0.15) is 0 Å². The van der Waals surface area contributed by atoms with E-state index in [1.807, 2.05) is 12.1 Å². The van der Waals surface area contributed by atoms with Gasteiger partial charge in [-0.3, -0.25) is 4.79 Å². The van der Waals surface area contributed by atoms with Crippen LogP contribution in [0.5, 0.6) is 0 Å². The second-order valence-electron chi connectivity index (χ2n) is 4.30. The predicted molar refractivity (Wildman–Crippen MR) is 77.2 cm³/mol. The van der Waals surface area contributed by atoms with Gasteiger partial charge < -0.3 is 20.6 Å². The largest absolute Gasteiger partial charge is 0.446 e. The molecule has 4 N–H and O–H groups in total. The van der Waals surface area contributed by atoms with Gasteiger partial charge in [-0.15, -0.1) is 0 Å². The van der Waals surface area contributed by atoms with E-state index in [1.165, 1.54) is 13.2 Å². The molecule has 0 saturated carbocycles. The molecule has 1 aromatic carbocycles. The minimum Gasteiger partial charge on any atom is -0.446 e. The van der Waals surface area contributed by atoms with Crippen molar-refractivity contribution in [2.45, 2.75) is 19.1 Å². The number of carbonyl (C=O) groups excluding carboxylic acids is 1. The topological polar surface area (TPSA) is 101 Å². The first-order chi connectivity index (χ1) is 9.47. The normalized spacial score (nSPS) is 13.8. The van der Waals surface area contributed by atoms with E-state index in [1.54, 1.807) is 12.1 Å². The number of nitrogens with one attached hydrogen (secondary N) is 1. The Labute approximate surface area is 124 Å². The van der Waals surface area contributed by atoms with Crippen molar-refractivity contribution in [1.29, 1.82) is 0 Å². The zero-order valence-corrected chi connectivity index (χ0v) is 12.3. The third kappa shape index (κ3) is 3.44. The van der Waals surface area contributed by atoms with Crippen LogP contribution in [0.3, 0.4) is 0 Å². The van der Waals surface area contributed by atoms with Gasteiger partial charge in [0.2, 0.25) is 5.89 Å². The number of hydrogen-bond acceptors (Lipinski definition) is 5. The van der Waals surface area contributed by atoms with Crippen LogP contribution in [-0.2, 0) is 0 Å². The molecular formula is C13H14BrN3O3. The fourth-order valence-electron chi connectivity index (χ4n) is 1.48. The number of oxazole rings is 1. The average Bonchev–Trinajstić information content (AvgIpc) is 2.90. The molecule has 0 aliphatic heterocycles. The van der Waals surface area contributed by atoms with Gasteiger partial charge in [-0.05, 0) is 31.2 Å². The van der Waals surface area contributed by atoms with Crippen LogP contribution in [0.4, 0.5) is 5.69 Å². The van der Waals surface area contributed by atoms with E-state index in [0.717, 1.165) is 4.47 Å². The van der Waals surface area contributed by atoms with E-state index in [-0.39, 0.29) is 11.6 Å². The second-order valence-corrected chi connectivity index (χ2v) is 5.21. The summed E-state index contributed by atoms with van der Waals surface area (Å²) in [7, 11) is 0. The van der Waals surface area contributed by atoms with E-state index in [2.05, 4.69) is 26.2 Å². The lowest BCUT2D eigenvalue weighted by molar-refractivity contribution is 0.102. The molecule has 0 saturated heterocycles. The van der Waals surface area contributed by atoms with Gasteiger partial charge in [0, 0.05) is 10.2 Å². The molecule has 6 nitrogen and oxygen atoms in total. The van der Waals surface area contributed by atoms with Crippen LogP contribution < -0.4 is 11.1 Å². The molecule has 7 heteroatoms. The highest BCUT2D eigenvalue weighted by Gasteiger charge is 2.20. The summed E-state index contributed by atoms with van der Waals surface area (Å²) in [5.41, 5.74) is 6.43. The molecule has 2 aromatic rings. The molecule has 1 heterocycles. The smallest absolute Gasteiger partial charge is 0.277 e. The Balaban J connectivity index is 2.08. The number of nitrogens with two attached hydrogens (primary N) is 1. The monoisotopic (exact) mass is 339 g/mol. The zero-order valence-electron chi connectivity index (χ0n) is 10.7. The number of carbonyl (C=O) groups is 1. The number of aliphatic hydroxyl groups excluding tert-OH is 1. The Hall–Kier alpha value is -1.70. The molecule has 0 bridgehead atoms. The Morgan fingerprint density at radius 2 is 2.10 bits per heavy atom. The SMILES string of the molecule is CC(O)C(N)c1nc(C(=O)Nc2ccc(Br)cc2)co1. The summed E-state index contributed by atoms with van der Waals surface area (Å²) in [6, 6.07) is 6.37. The molecule has 0 spiro atoms. The highest BCUT2D eigenvalue weighted by molar-refractivity contribution is 9.10. The van der Waals surface area contributed by atoms with Crippen LogP contribution in [0.15, 0.2) is 39.4 Å². The molecule has 106 valence electrons. The maximum Gasteiger partial charge on any atom is 0.277 e. The number of nitrogens with zero attached hydrogens (tertiary/aromatic N) is 1. The summed E-state index contributed by atoms with van der Waals surface area (Å²) in [5, 5.41) is 12.0. The number of anilines is 1. The van der Waals surface area contributed by atoms with E-state index in [4.69, 9.17) is 10.2 Å². The lowest BCUT2D eigenvalue weighted by Gasteiger charge is -2.09. The summed E-state index contributed by atoms with van der Waals surface area (Å²) in [6.45, 7) is 1.52. The third-order valence-corrected chi connectivity index (χ3v) is 3.19. The molecule has 0 aliphatic carbocycles. The summed E-state index contributed by atoms with van der Waals surface area (Å²) in [5.74, 6) is -0.277. The molecule has 2 rings (SSSR count). The van der Waals surface area contributed by atoms with Crippen molar-refractivity contribution < 1.29 is 14.3 Å². The van der Waals surface area contributed by atoms with Crippen LogP contribution in [0.2, 0.25) is 0 Å². The number of rotatable bonds is 4. The van der Waals surface area contributed by atoms with Gasteiger partial charge in [0.15, 0.2) is 5.69 Å². The standard InChI is InChI=1S/C13H14BrN3O3/c1-7(18)11(15)13-17-10(6-20-13)12(19)16-9-4-2-8(14)3-5-9/h2-7,11,18H,15H2,1H3,(H,16,19). The van der Waals surface area contributed by atoms with Crippen LogP contribution >= 0.6 is 15.9 Å². The van der Waals surface area contributed by atoms with E-state index in [9.17, 15) is 9.90 Å². The number of benzene rings is 1. The highest BCUT2D eigenvalue weighted by atomic mass is 79.9. The van der Waals surface area contributed by atoms with Gasteiger partial charge >= 0.3 is 0 Å². The van der Waals surface area contributed by atoms with Gasteiger partial charge in [-0.25, -0.2) is 4.98 Å². The van der Waals surface area contributed by atoms with Gasteiger partial charge in [-0.1, -0.05) is 15.9 Å².